The maximum Gasteiger partial charge on any atom is 0.387 e. The van der Waals surface area contributed by atoms with E-state index in [-0.39, 0.29) is 18.1 Å². The summed E-state index contributed by atoms with van der Waals surface area (Å²) in [5.74, 6) is 0.0196. The van der Waals surface area contributed by atoms with Crippen LogP contribution in [-0.4, -0.2) is 19.0 Å². The minimum Gasteiger partial charge on any atom is -0.485 e. The molecule has 0 spiro atoms. The molecule has 0 aliphatic rings. The molecule has 7 heteroatoms. The summed E-state index contributed by atoms with van der Waals surface area (Å²) >= 11 is 0. The molecule has 3 rings (SSSR count). The lowest BCUT2D eigenvalue weighted by atomic mass is 10.1. The Kier molecular flexibility index (Phi) is 5.49. The SMILES string of the molecule is CCc1cc(=O)oc2cc(OCC(=O)c3ccc(OC(F)F)cc3)ccc12. The Labute approximate surface area is 153 Å². The number of fused-ring (bicyclic) bond motifs is 1. The van der Waals surface area contributed by atoms with Gasteiger partial charge >= 0.3 is 12.2 Å². The Morgan fingerprint density at radius 2 is 1.78 bits per heavy atom. The number of carbonyl (C=O) groups excluding carboxylic acids is 1. The summed E-state index contributed by atoms with van der Waals surface area (Å²) in [5, 5.41) is 0.811. The van der Waals surface area contributed by atoms with Crippen molar-refractivity contribution in [1.82, 2.24) is 0 Å². The van der Waals surface area contributed by atoms with Gasteiger partial charge < -0.3 is 13.9 Å². The number of aryl methyl sites for hydroxylation is 1. The zero-order chi connectivity index (χ0) is 19.4. The lowest BCUT2D eigenvalue weighted by Gasteiger charge is -2.08. The smallest absolute Gasteiger partial charge is 0.387 e. The fourth-order valence-electron chi connectivity index (χ4n) is 2.65. The molecule has 0 unspecified atom stereocenters. The van der Waals surface area contributed by atoms with Crippen LogP contribution in [0, 0.1) is 0 Å². The largest absolute Gasteiger partial charge is 0.485 e. The maximum atomic E-state index is 12.2. The van der Waals surface area contributed by atoms with Crippen molar-refractivity contribution < 1.29 is 27.5 Å². The van der Waals surface area contributed by atoms with Crippen LogP contribution in [0.25, 0.3) is 11.0 Å². The third kappa shape index (κ3) is 4.49. The van der Waals surface area contributed by atoms with Crippen LogP contribution < -0.4 is 15.1 Å². The van der Waals surface area contributed by atoms with Crippen molar-refractivity contribution in [3.63, 3.8) is 0 Å². The van der Waals surface area contributed by atoms with Crippen LogP contribution in [0.4, 0.5) is 8.78 Å². The normalized spacial score (nSPS) is 11.0. The number of alkyl halides is 2. The monoisotopic (exact) mass is 374 g/mol. The van der Waals surface area contributed by atoms with E-state index >= 15 is 0 Å². The van der Waals surface area contributed by atoms with Crippen LogP contribution in [-0.2, 0) is 6.42 Å². The quantitative estimate of drug-likeness (QED) is 0.458. The minimum absolute atomic E-state index is 0.0289. The highest BCUT2D eigenvalue weighted by Gasteiger charge is 2.10. The van der Waals surface area contributed by atoms with Gasteiger partial charge in [0.1, 0.15) is 17.1 Å². The molecule has 0 atom stereocenters. The Morgan fingerprint density at radius 1 is 1.07 bits per heavy atom. The van der Waals surface area contributed by atoms with Crippen LogP contribution in [0.5, 0.6) is 11.5 Å². The number of hydrogen-bond donors (Lipinski definition) is 0. The van der Waals surface area contributed by atoms with Gasteiger partial charge in [-0.3, -0.25) is 4.79 Å². The Hall–Kier alpha value is -3.22. The molecule has 3 aromatic rings. The van der Waals surface area contributed by atoms with Crippen molar-refractivity contribution in [1.29, 1.82) is 0 Å². The van der Waals surface area contributed by atoms with Gasteiger partial charge in [0, 0.05) is 23.1 Å². The Bertz CT molecular complexity index is 1010. The average Bonchev–Trinajstić information content (AvgIpc) is 2.65. The van der Waals surface area contributed by atoms with E-state index in [4.69, 9.17) is 9.15 Å². The van der Waals surface area contributed by atoms with E-state index < -0.39 is 12.2 Å². The molecule has 1 heterocycles. The number of Topliss-reactive ketones (excluding diaryl/α,β-unsaturated/α-hetero) is 1. The molecule has 0 N–H and O–H groups in total. The summed E-state index contributed by atoms with van der Waals surface area (Å²) in [7, 11) is 0. The molecular formula is C20H16F2O5. The summed E-state index contributed by atoms with van der Waals surface area (Å²) in [6.45, 7) is -1.23. The fourth-order valence-corrected chi connectivity index (χ4v) is 2.65. The first-order valence-corrected chi connectivity index (χ1v) is 8.24. The van der Waals surface area contributed by atoms with Crippen molar-refractivity contribution >= 4 is 16.8 Å². The second-order valence-electron chi connectivity index (χ2n) is 5.72. The second kappa shape index (κ2) is 7.99. The minimum atomic E-state index is -2.92. The highest BCUT2D eigenvalue weighted by molar-refractivity contribution is 5.97. The molecule has 1 aromatic heterocycles. The van der Waals surface area contributed by atoms with Gasteiger partial charge in [0.05, 0.1) is 0 Å². The third-order valence-electron chi connectivity index (χ3n) is 3.95. The van der Waals surface area contributed by atoms with Gasteiger partial charge in [-0.05, 0) is 48.4 Å². The van der Waals surface area contributed by atoms with Crippen LogP contribution in [0.15, 0.2) is 57.7 Å². The summed E-state index contributed by atoms with van der Waals surface area (Å²) < 4.78 is 39.2. The predicted molar refractivity (Wildman–Crippen MR) is 94.8 cm³/mol. The molecule has 0 aliphatic heterocycles. The van der Waals surface area contributed by atoms with Gasteiger partial charge in [-0.15, -0.1) is 0 Å². The molecule has 0 saturated carbocycles. The predicted octanol–water partition coefficient (Wildman–Crippen LogP) is 4.22. The molecule has 0 radical (unpaired) electrons. The fraction of sp³-hybridized carbons (Fsp3) is 0.200. The van der Waals surface area contributed by atoms with Crippen molar-refractivity contribution in [2.45, 2.75) is 20.0 Å². The number of halogens is 2. The third-order valence-corrected chi connectivity index (χ3v) is 3.95. The van der Waals surface area contributed by atoms with E-state index in [0.717, 1.165) is 10.9 Å². The van der Waals surface area contributed by atoms with E-state index in [1.807, 2.05) is 6.92 Å². The molecule has 0 aliphatic carbocycles. The maximum absolute atomic E-state index is 12.2. The van der Waals surface area contributed by atoms with Crippen molar-refractivity contribution in [2.24, 2.45) is 0 Å². The molecule has 2 aromatic carbocycles. The van der Waals surface area contributed by atoms with Crippen molar-refractivity contribution in [2.75, 3.05) is 6.61 Å². The molecular weight excluding hydrogens is 358 g/mol. The first-order valence-electron chi connectivity index (χ1n) is 8.24. The summed E-state index contributed by atoms with van der Waals surface area (Å²) in [6, 6.07) is 11.8. The van der Waals surface area contributed by atoms with E-state index in [9.17, 15) is 18.4 Å². The Morgan fingerprint density at radius 3 is 2.44 bits per heavy atom. The number of carbonyl (C=O) groups is 1. The molecule has 0 amide bonds. The number of ether oxygens (including phenoxy) is 2. The van der Waals surface area contributed by atoms with Gasteiger partial charge in [-0.1, -0.05) is 6.92 Å². The van der Waals surface area contributed by atoms with E-state index in [1.54, 1.807) is 18.2 Å². The Balaban J connectivity index is 1.70. The number of hydrogen-bond acceptors (Lipinski definition) is 5. The summed E-state index contributed by atoms with van der Waals surface area (Å²) in [5.41, 5.74) is 1.11. The highest BCUT2D eigenvalue weighted by Crippen LogP contribution is 2.23. The standard InChI is InChI=1S/C20H16F2O5/c1-2-12-9-19(24)27-18-10-15(7-8-16(12)18)25-11-17(23)13-3-5-14(6-4-13)26-20(21)22/h3-10,20H,2,11H2,1H3. The zero-order valence-corrected chi connectivity index (χ0v) is 14.4. The first kappa shape index (κ1) is 18.6. The highest BCUT2D eigenvalue weighted by atomic mass is 19.3. The van der Waals surface area contributed by atoms with Crippen LogP contribution in [0.3, 0.4) is 0 Å². The lowest BCUT2D eigenvalue weighted by molar-refractivity contribution is -0.0498. The van der Waals surface area contributed by atoms with Crippen molar-refractivity contribution in [3.8, 4) is 11.5 Å². The van der Waals surface area contributed by atoms with Gasteiger partial charge in [0.25, 0.3) is 0 Å². The van der Waals surface area contributed by atoms with Gasteiger partial charge in [0.2, 0.25) is 0 Å². The first-order chi connectivity index (χ1) is 13.0. The van der Waals surface area contributed by atoms with Gasteiger partial charge in [0.15, 0.2) is 12.4 Å². The molecule has 140 valence electrons. The van der Waals surface area contributed by atoms with Gasteiger partial charge in [-0.25, -0.2) is 4.79 Å². The average molecular weight is 374 g/mol. The topological polar surface area (TPSA) is 65.7 Å². The number of ketones is 1. The number of rotatable bonds is 7. The van der Waals surface area contributed by atoms with Crippen LogP contribution in [0.1, 0.15) is 22.8 Å². The van der Waals surface area contributed by atoms with Gasteiger partial charge in [-0.2, -0.15) is 8.78 Å². The van der Waals surface area contributed by atoms with Crippen molar-refractivity contribution in [3.05, 3.63) is 70.1 Å². The summed E-state index contributed by atoms with van der Waals surface area (Å²) in [4.78, 5) is 23.8. The summed E-state index contributed by atoms with van der Waals surface area (Å²) in [6.07, 6.45) is 0.687. The zero-order valence-electron chi connectivity index (χ0n) is 14.4. The molecule has 0 saturated heterocycles. The number of benzene rings is 2. The van der Waals surface area contributed by atoms with E-state index in [0.29, 0.717) is 23.3 Å². The molecule has 5 nitrogen and oxygen atoms in total. The van der Waals surface area contributed by atoms with E-state index in [2.05, 4.69) is 4.74 Å². The van der Waals surface area contributed by atoms with E-state index in [1.165, 1.54) is 30.3 Å². The molecule has 0 bridgehead atoms. The second-order valence-corrected chi connectivity index (χ2v) is 5.72. The molecule has 0 fully saturated rings. The molecule has 27 heavy (non-hydrogen) atoms. The lowest BCUT2D eigenvalue weighted by Crippen LogP contribution is -2.11. The van der Waals surface area contributed by atoms with Crippen LogP contribution >= 0.6 is 0 Å². The van der Waals surface area contributed by atoms with Crippen LogP contribution in [0.2, 0.25) is 0 Å².